The highest BCUT2D eigenvalue weighted by Gasteiger charge is 2.30. The van der Waals surface area contributed by atoms with Crippen molar-refractivity contribution in [1.29, 1.82) is 0 Å². The maximum atomic E-state index is 12.7. The van der Waals surface area contributed by atoms with Gasteiger partial charge in [-0.05, 0) is 6.92 Å². The van der Waals surface area contributed by atoms with Crippen LogP contribution < -0.4 is 11.5 Å². The molecule has 0 aromatic rings. The molecule has 0 heterocycles. The minimum Gasteiger partial charge on any atom is -0.481 e. The molecule has 0 spiro atoms. The fourth-order valence-corrected chi connectivity index (χ4v) is 2.37. The number of hydrogen-bond donors (Lipinski definition) is 5. The second kappa shape index (κ2) is 11.6. The SMILES string of the molecule is CC(O)[C@H](N)CN(C)N(C)C(=O)[C@H](CC(N)=O)CC(=O)C[C@@H](CO)C(=O)O. The summed E-state index contributed by atoms with van der Waals surface area (Å²) >= 11 is 0. The molecule has 0 radical (unpaired) electrons. The van der Waals surface area contributed by atoms with Crippen molar-refractivity contribution < 1.29 is 34.5 Å². The molecule has 0 bridgehead atoms. The highest BCUT2D eigenvalue weighted by molar-refractivity contribution is 5.91. The summed E-state index contributed by atoms with van der Waals surface area (Å²) in [6, 6.07) is -0.623. The van der Waals surface area contributed by atoms with Crippen LogP contribution in [0.5, 0.6) is 0 Å². The summed E-state index contributed by atoms with van der Waals surface area (Å²) in [6.45, 7) is 0.938. The van der Waals surface area contributed by atoms with Gasteiger partial charge >= 0.3 is 5.97 Å². The number of Topliss-reactive ketones (excluding diaryl/α,β-unsaturated/α-hetero) is 1. The quantitative estimate of drug-likeness (QED) is 0.212. The van der Waals surface area contributed by atoms with Crippen LogP contribution in [0, 0.1) is 11.8 Å². The number of aliphatic hydroxyl groups is 2. The largest absolute Gasteiger partial charge is 0.481 e. The van der Waals surface area contributed by atoms with E-state index in [4.69, 9.17) is 21.7 Å². The number of rotatable bonds is 13. The van der Waals surface area contributed by atoms with E-state index in [1.807, 2.05) is 0 Å². The summed E-state index contributed by atoms with van der Waals surface area (Å²) in [7, 11) is 2.97. The Morgan fingerprint density at radius 1 is 1.04 bits per heavy atom. The van der Waals surface area contributed by atoms with Crippen molar-refractivity contribution in [2.24, 2.45) is 23.3 Å². The van der Waals surface area contributed by atoms with Crippen molar-refractivity contribution in [1.82, 2.24) is 10.0 Å². The lowest BCUT2D eigenvalue weighted by Gasteiger charge is -2.33. The van der Waals surface area contributed by atoms with E-state index in [9.17, 15) is 24.3 Å². The molecule has 11 nitrogen and oxygen atoms in total. The van der Waals surface area contributed by atoms with Crippen molar-refractivity contribution >= 4 is 23.6 Å². The number of aliphatic hydroxyl groups excluding tert-OH is 2. The molecule has 27 heavy (non-hydrogen) atoms. The van der Waals surface area contributed by atoms with Gasteiger partial charge < -0.3 is 26.8 Å². The van der Waals surface area contributed by atoms with E-state index in [1.54, 1.807) is 7.05 Å². The molecular formula is C16H30N4O7. The zero-order valence-corrected chi connectivity index (χ0v) is 15.9. The first-order valence-corrected chi connectivity index (χ1v) is 8.46. The first-order chi connectivity index (χ1) is 12.4. The Hall–Kier alpha value is -2.08. The molecule has 4 atom stereocenters. The van der Waals surface area contributed by atoms with Gasteiger partial charge in [-0.25, -0.2) is 5.01 Å². The van der Waals surface area contributed by atoms with Gasteiger partial charge in [0, 0.05) is 45.9 Å². The van der Waals surface area contributed by atoms with Crippen molar-refractivity contribution in [3.63, 3.8) is 0 Å². The van der Waals surface area contributed by atoms with Crippen LogP contribution in [0.25, 0.3) is 0 Å². The maximum Gasteiger partial charge on any atom is 0.309 e. The minimum atomic E-state index is -1.33. The number of likely N-dealkylation sites (N-methyl/N-ethyl adjacent to an activating group) is 1. The molecule has 0 aromatic heterocycles. The Morgan fingerprint density at radius 3 is 1.96 bits per heavy atom. The van der Waals surface area contributed by atoms with Crippen molar-refractivity contribution in [3.8, 4) is 0 Å². The standard InChI is InChI=1S/C16H30N4O7/c1-9(22)13(17)7-19(2)20(3)15(25)10(6-14(18)24)4-12(23)5-11(8-21)16(26)27/h9-11,13,21-22H,4-8,17H2,1-3H3,(H2,18,24)(H,26,27)/t9?,10-,11-,13+/m0/s1. The Labute approximate surface area is 157 Å². The number of carbonyl (C=O) groups is 4. The average molecular weight is 390 g/mol. The fourth-order valence-electron chi connectivity index (χ4n) is 2.37. The van der Waals surface area contributed by atoms with Crippen molar-refractivity contribution in [2.75, 3.05) is 27.2 Å². The third-order valence-electron chi connectivity index (χ3n) is 4.24. The normalized spacial score (nSPS) is 15.7. The highest BCUT2D eigenvalue weighted by Crippen LogP contribution is 2.17. The number of carbonyl (C=O) groups excluding carboxylic acids is 3. The van der Waals surface area contributed by atoms with Crippen LogP contribution in [0.4, 0.5) is 0 Å². The molecule has 0 saturated carbocycles. The van der Waals surface area contributed by atoms with Gasteiger partial charge in [-0.1, -0.05) is 0 Å². The van der Waals surface area contributed by atoms with Gasteiger partial charge in [0.1, 0.15) is 5.78 Å². The third kappa shape index (κ3) is 8.91. The summed E-state index contributed by atoms with van der Waals surface area (Å²) < 4.78 is 0. The van der Waals surface area contributed by atoms with Gasteiger partial charge in [0.05, 0.1) is 24.5 Å². The Balaban J connectivity index is 5.10. The molecule has 1 unspecified atom stereocenters. The topological polar surface area (TPSA) is 187 Å². The molecule has 0 rings (SSSR count). The number of nitrogens with zero attached hydrogens (tertiary/aromatic N) is 2. The first-order valence-electron chi connectivity index (χ1n) is 8.46. The molecule has 0 aliphatic heterocycles. The molecule has 11 heteroatoms. The third-order valence-corrected chi connectivity index (χ3v) is 4.24. The molecule has 0 saturated heterocycles. The van der Waals surface area contributed by atoms with Crippen LogP contribution in [0.3, 0.4) is 0 Å². The molecule has 2 amide bonds. The lowest BCUT2D eigenvalue weighted by Crippen LogP contribution is -2.51. The monoisotopic (exact) mass is 390 g/mol. The van der Waals surface area contributed by atoms with Gasteiger partial charge in [-0.2, -0.15) is 0 Å². The van der Waals surface area contributed by atoms with E-state index in [-0.39, 0.29) is 19.4 Å². The van der Waals surface area contributed by atoms with E-state index >= 15 is 0 Å². The van der Waals surface area contributed by atoms with Crippen LogP contribution in [0.15, 0.2) is 0 Å². The molecule has 0 aliphatic carbocycles. The van der Waals surface area contributed by atoms with Crippen molar-refractivity contribution in [3.05, 3.63) is 0 Å². The number of aliphatic carboxylic acids is 1. The summed E-state index contributed by atoms with van der Waals surface area (Å²) in [5, 5.41) is 30.0. The lowest BCUT2D eigenvalue weighted by molar-refractivity contribution is -0.152. The maximum absolute atomic E-state index is 12.7. The van der Waals surface area contributed by atoms with Gasteiger partial charge in [0.15, 0.2) is 0 Å². The fraction of sp³-hybridized carbons (Fsp3) is 0.750. The number of primary amides is 1. The molecular weight excluding hydrogens is 360 g/mol. The van der Waals surface area contributed by atoms with E-state index in [1.165, 1.54) is 24.0 Å². The summed E-state index contributed by atoms with van der Waals surface area (Å²) in [6.07, 6.45) is -2.03. The first kappa shape index (κ1) is 24.9. The summed E-state index contributed by atoms with van der Waals surface area (Å²) in [4.78, 5) is 47.0. The number of amides is 2. The van der Waals surface area contributed by atoms with E-state index in [0.29, 0.717) is 0 Å². The second-order valence-corrected chi connectivity index (χ2v) is 6.64. The van der Waals surface area contributed by atoms with E-state index < -0.39 is 60.6 Å². The Kier molecular flexibility index (Phi) is 10.7. The Morgan fingerprint density at radius 2 is 1.56 bits per heavy atom. The molecule has 7 N–H and O–H groups in total. The molecule has 156 valence electrons. The Bertz CT molecular complexity index is 541. The van der Waals surface area contributed by atoms with E-state index in [0.717, 1.165) is 0 Å². The average Bonchev–Trinajstić information content (AvgIpc) is 2.56. The van der Waals surface area contributed by atoms with Gasteiger partial charge in [-0.3, -0.25) is 24.2 Å². The number of hydrazine groups is 1. The second-order valence-electron chi connectivity index (χ2n) is 6.64. The minimum absolute atomic E-state index is 0.142. The zero-order chi connectivity index (χ0) is 21.3. The number of ketones is 1. The molecule has 0 aromatic carbocycles. The number of nitrogens with two attached hydrogens (primary N) is 2. The predicted molar refractivity (Wildman–Crippen MR) is 94.8 cm³/mol. The van der Waals surface area contributed by atoms with Gasteiger partial charge in [-0.15, -0.1) is 0 Å². The lowest BCUT2D eigenvalue weighted by atomic mass is 9.92. The van der Waals surface area contributed by atoms with Crippen LogP contribution in [0.1, 0.15) is 26.2 Å². The number of carboxylic acids is 1. The van der Waals surface area contributed by atoms with Crippen LogP contribution in [-0.4, -0.2) is 88.3 Å². The van der Waals surface area contributed by atoms with Crippen LogP contribution in [-0.2, 0) is 19.2 Å². The predicted octanol–water partition coefficient (Wildman–Crippen LogP) is -2.47. The molecule has 0 aliphatic rings. The van der Waals surface area contributed by atoms with E-state index in [2.05, 4.69) is 0 Å². The summed E-state index contributed by atoms with van der Waals surface area (Å²) in [5.41, 5.74) is 10.9. The highest BCUT2D eigenvalue weighted by atomic mass is 16.4. The summed E-state index contributed by atoms with van der Waals surface area (Å²) in [5.74, 6) is -5.60. The van der Waals surface area contributed by atoms with Crippen LogP contribution >= 0.6 is 0 Å². The smallest absolute Gasteiger partial charge is 0.309 e. The zero-order valence-electron chi connectivity index (χ0n) is 15.9. The number of carboxylic acid groups (broad SMARTS) is 1. The van der Waals surface area contributed by atoms with Gasteiger partial charge in [0.2, 0.25) is 11.8 Å². The molecule has 0 fully saturated rings. The van der Waals surface area contributed by atoms with Crippen molar-refractivity contribution in [2.45, 2.75) is 38.3 Å². The van der Waals surface area contributed by atoms with Crippen LogP contribution in [0.2, 0.25) is 0 Å². The number of hydrogen-bond acceptors (Lipinski definition) is 8. The van der Waals surface area contributed by atoms with Gasteiger partial charge in [0.25, 0.3) is 0 Å².